The molecule has 0 unspecified atom stereocenters. The van der Waals surface area contributed by atoms with Crippen molar-refractivity contribution in [2.75, 3.05) is 6.54 Å². The Balaban J connectivity index is 1.81. The number of hydrogen-bond acceptors (Lipinski definition) is 3. The smallest absolute Gasteiger partial charge is 0.274 e. The maximum absolute atomic E-state index is 12.8. The summed E-state index contributed by atoms with van der Waals surface area (Å²) < 4.78 is 1.61. The first-order valence-corrected chi connectivity index (χ1v) is 8.25. The molecule has 2 heterocycles. The maximum Gasteiger partial charge on any atom is 0.274 e. The zero-order valence-electron chi connectivity index (χ0n) is 13.4. The molecule has 0 aliphatic carbocycles. The van der Waals surface area contributed by atoms with Crippen molar-refractivity contribution in [3.8, 4) is 5.69 Å². The average Bonchev–Trinajstić information content (AvgIpc) is 3.04. The number of rotatable bonds is 3. The van der Waals surface area contributed by atoms with Crippen molar-refractivity contribution < 1.29 is 9.59 Å². The fourth-order valence-electron chi connectivity index (χ4n) is 2.97. The number of carbonyl (C=O) groups excluding carboxylic acids is 2. The van der Waals surface area contributed by atoms with Crippen molar-refractivity contribution in [3.05, 3.63) is 47.2 Å². The highest BCUT2D eigenvalue weighted by atomic mass is 35.5. The van der Waals surface area contributed by atoms with Crippen molar-refractivity contribution in [1.29, 1.82) is 0 Å². The number of likely N-dealkylation sites (tertiary alicyclic amines) is 1. The number of piperidine rings is 1. The number of benzene rings is 1. The summed E-state index contributed by atoms with van der Waals surface area (Å²) in [6, 6.07) is 8.97. The van der Waals surface area contributed by atoms with Gasteiger partial charge in [-0.1, -0.05) is 17.7 Å². The molecule has 24 heavy (non-hydrogen) atoms. The first kappa shape index (κ1) is 16.5. The van der Waals surface area contributed by atoms with E-state index in [0.717, 1.165) is 18.5 Å². The Bertz CT molecular complexity index is 773. The average molecular weight is 347 g/mol. The van der Waals surface area contributed by atoms with Gasteiger partial charge in [0.2, 0.25) is 5.91 Å². The SMILES string of the molecule is C[C@@H]1CC[C@@H](C(N)=O)CN1C(=O)c1ccn(-c2cccc(Cl)c2)n1. The van der Waals surface area contributed by atoms with E-state index in [1.54, 1.807) is 34.0 Å². The molecule has 2 atom stereocenters. The third-order valence-corrected chi connectivity index (χ3v) is 4.66. The van der Waals surface area contributed by atoms with Crippen LogP contribution in [0.1, 0.15) is 30.3 Å². The Hall–Kier alpha value is -2.34. The van der Waals surface area contributed by atoms with E-state index in [-0.39, 0.29) is 23.8 Å². The summed E-state index contributed by atoms with van der Waals surface area (Å²) in [6.45, 7) is 2.32. The lowest BCUT2D eigenvalue weighted by molar-refractivity contribution is -0.123. The second-order valence-electron chi connectivity index (χ2n) is 6.11. The largest absolute Gasteiger partial charge is 0.369 e. The summed E-state index contributed by atoms with van der Waals surface area (Å²) in [6.07, 6.45) is 3.20. The molecule has 1 aliphatic rings. The van der Waals surface area contributed by atoms with Gasteiger partial charge >= 0.3 is 0 Å². The van der Waals surface area contributed by atoms with Gasteiger partial charge in [-0.15, -0.1) is 0 Å². The molecule has 3 rings (SSSR count). The maximum atomic E-state index is 12.8. The number of amides is 2. The van der Waals surface area contributed by atoms with Gasteiger partial charge in [0.1, 0.15) is 0 Å². The van der Waals surface area contributed by atoms with Crippen LogP contribution in [-0.2, 0) is 4.79 Å². The van der Waals surface area contributed by atoms with E-state index in [1.165, 1.54) is 0 Å². The van der Waals surface area contributed by atoms with Crippen LogP contribution in [0.3, 0.4) is 0 Å². The number of nitrogens with two attached hydrogens (primary N) is 1. The molecular formula is C17H19ClN4O2. The molecule has 0 radical (unpaired) electrons. The molecule has 126 valence electrons. The van der Waals surface area contributed by atoms with Crippen molar-refractivity contribution in [1.82, 2.24) is 14.7 Å². The highest BCUT2D eigenvalue weighted by molar-refractivity contribution is 6.30. The van der Waals surface area contributed by atoms with Crippen LogP contribution in [-0.4, -0.2) is 39.1 Å². The summed E-state index contributed by atoms with van der Waals surface area (Å²) in [5, 5.41) is 4.95. The second kappa shape index (κ2) is 6.65. The van der Waals surface area contributed by atoms with E-state index in [4.69, 9.17) is 17.3 Å². The number of aromatic nitrogens is 2. The van der Waals surface area contributed by atoms with Crippen LogP contribution in [0.25, 0.3) is 5.69 Å². The molecule has 0 saturated carbocycles. The van der Waals surface area contributed by atoms with E-state index in [1.807, 2.05) is 19.1 Å². The van der Waals surface area contributed by atoms with Crippen molar-refractivity contribution in [2.24, 2.45) is 11.7 Å². The van der Waals surface area contributed by atoms with Gasteiger partial charge in [-0.05, 0) is 44.0 Å². The summed E-state index contributed by atoms with van der Waals surface area (Å²) in [4.78, 5) is 25.9. The predicted octanol–water partition coefficient (Wildman–Crippen LogP) is 2.25. The van der Waals surface area contributed by atoms with E-state index in [9.17, 15) is 9.59 Å². The molecule has 0 bridgehead atoms. The minimum atomic E-state index is -0.357. The summed E-state index contributed by atoms with van der Waals surface area (Å²) in [5.41, 5.74) is 6.52. The van der Waals surface area contributed by atoms with Gasteiger partial charge in [0.15, 0.2) is 5.69 Å². The van der Waals surface area contributed by atoms with Gasteiger partial charge in [0, 0.05) is 23.8 Å². The van der Waals surface area contributed by atoms with Crippen LogP contribution in [0, 0.1) is 5.92 Å². The Morgan fingerprint density at radius 2 is 2.08 bits per heavy atom. The Labute approximate surface area is 145 Å². The summed E-state index contributed by atoms with van der Waals surface area (Å²) in [5.74, 6) is -0.835. The summed E-state index contributed by atoms with van der Waals surface area (Å²) in [7, 11) is 0. The number of halogens is 1. The van der Waals surface area contributed by atoms with Crippen LogP contribution in [0.2, 0.25) is 5.02 Å². The third-order valence-electron chi connectivity index (χ3n) is 4.43. The Kier molecular flexibility index (Phi) is 4.57. The molecule has 6 nitrogen and oxygen atoms in total. The predicted molar refractivity (Wildman–Crippen MR) is 91.0 cm³/mol. The van der Waals surface area contributed by atoms with Gasteiger partial charge in [-0.25, -0.2) is 4.68 Å². The van der Waals surface area contributed by atoms with Crippen LogP contribution in [0.4, 0.5) is 0 Å². The van der Waals surface area contributed by atoms with Crippen LogP contribution in [0.5, 0.6) is 0 Å². The first-order valence-electron chi connectivity index (χ1n) is 7.87. The van der Waals surface area contributed by atoms with Crippen LogP contribution < -0.4 is 5.73 Å². The zero-order valence-corrected chi connectivity index (χ0v) is 14.1. The molecule has 1 fully saturated rings. The quantitative estimate of drug-likeness (QED) is 0.925. The Morgan fingerprint density at radius 1 is 1.29 bits per heavy atom. The van der Waals surface area contributed by atoms with E-state index in [2.05, 4.69) is 5.10 Å². The monoisotopic (exact) mass is 346 g/mol. The molecule has 0 spiro atoms. The molecule has 2 N–H and O–H groups in total. The lowest BCUT2D eigenvalue weighted by atomic mass is 9.92. The number of carbonyl (C=O) groups is 2. The zero-order chi connectivity index (χ0) is 17.3. The molecular weight excluding hydrogens is 328 g/mol. The fourth-order valence-corrected chi connectivity index (χ4v) is 3.15. The van der Waals surface area contributed by atoms with E-state index in [0.29, 0.717) is 17.3 Å². The molecule has 1 aromatic heterocycles. The normalized spacial score (nSPS) is 20.8. The molecule has 2 aromatic rings. The Morgan fingerprint density at radius 3 is 2.79 bits per heavy atom. The van der Waals surface area contributed by atoms with Crippen LogP contribution in [0.15, 0.2) is 36.5 Å². The molecule has 1 aliphatic heterocycles. The van der Waals surface area contributed by atoms with Crippen molar-refractivity contribution in [3.63, 3.8) is 0 Å². The fraction of sp³-hybridized carbons (Fsp3) is 0.353. The number of primary amides is 1. The number of nitrogens with zero attached hydrogens (tertiary/aromatic N) is 3. The highest BCUT2D eigenvalue weighted by Crippen LogP contribution is 2.23. The van der Waals surface area contributed by atoms with Crippen molar-refractivity contribution >= 4 is 23.4 Å². The highest BCUT2D eigenvalue weighted by Gasteiger charge is 2.32. The van der Waals surface area contributed by atoms with Crippen molar-refractivity contribution in [2.45, 2.75) is 25.8 Å². The first-order chi connectivity index (χ1) is 11.5. The van der Waals surface area contributed by atoms with Gasteiger partial charge in [0.05, 0.1) is 11.6 Å². The lowest BCUT2D eigenvalue weighted by Gasteiger charge is -2.36. The third kappa shape index (κ3) is 3.28. The lowest BCUT2D eigenvalue weighted by Crippen LogP contribution is -2.48. The molecule has 2 amide bonds. The van der Waals surface area contributed by atoms with E-state index >= 15 is 0 Å². The summed E-state index contributed by atoms with van der Waals surface area (Å²) >= 11 is 5.99. The standard InChI is InChI=1S/C17H19ClN4O2/c1-11-5-6-12(16(19)23)10-21(11)17(24)15-7-8-22(20-15)14-4-2-3-13(18)9-14/h2-4,7-9,11-12H,5-6,10H2,1H3,(H2,19,23)/t11-,12-/m1/s1. The van der Waals surface area contributed by atoms with Gasteiger partial charge in [-0.3, -0.25) is 9.59 Å². The second-order valence-corrected chi connectivity index (χ2v) is 6.55. The molecule has 7 heteroatoms. The molecule has 1 saturated heterocycles. The van der Waals surface area contributed by atoms with Gasteiger partial charge in [-0.2, -0.15) is 5.10 Å². The molecule has 1 aromatic carbocycles. The van der Waals surface area contributed by atoms with Gasteiger partial charge in [0.25, 0.3) is 5.91 Å². The van der Waals surface area contributed by atoms with E-state index < -0.39 is 0 Å². The number of hydrogen-bond donors (Lipinski definition) is 1. The minimum Gasteiger partial charge on any atom is -0.369 e. The van der Waals surface area contributed by atoms with Crippen LogP contribution >= 0.6 is 11.6 Å². The minimum absolute atomic E-state index is 0.0596. The topological polar surface area (TPSA) is 81.2 Å². The van der Waals surface area contributed by atoms with Gasteiger partial charge < -0.3 is 10.6 Å².